The van der Waals surface area contributed by atoms with Gasteiger partial charge in [-0.15, -0.1) is 0 Å². The minimum Gasteiger partial charge on any atom is -0.494 e. The van der Waals surface area contributed by atoms with Crippen molar-refractivity contribution in [1.82, 2.24) is 0 Å². The van der Waals surface area contributed by atoms with Crippen LogP contribution in [0.2, 0.25) is 0 Å². The fourth-order valence-electron chi connectivity index (χ4n) is 2.97. The molecule has 0 aliphatic heterocycles. The van der Waals surface area contributed by atoms with E-state index in [-0.39, 0.29) is 11.3 Å². The summed E-state index contributed by atoms with van der Waals surface area (Å²) in [4.78, 5) is 0. The Balaban J connectivity index is 2.02. The van der Waals surface area contributed by atoms with Gasteiger partial charge in [-0.1, -0.05) is 31.6 Å². The Kier molecular flexibility index (Phi) is 5.61. The zero-order valence-corrected chi connectivity index (χ0v) is 12.7. The van der Waals surface area contributed by atoms with Crippen LogP contribution in [-0.4, -0.2) is 7.11 Å². The van der Waals surface area contributed by atoms with Gasteiger partial charge in [-0.2, -0.15) is 4.39 Å². The van der Waals surface area contributed by atoms with E-state index < -0.39 is 11.6 Å². The van der Waals surface area contributed by atoms with E-state index in [0.717, 1.165) is 18.8 Å². The van der Waals surface area contributed by atoms with Crippen molar-refractivity contribution in [3.63, 3.8) is 0 Å². The molecule has 0 saturated heterocycles. The highest BCUT2D eigenvalue weighted by atomic mass is 19.2. The quantitative estimate of drug-likeness (QED) is 0.718. The van der Waals surface area contributed by atoms with E-state index in [9.17, 15) is 8.78 Å². The van der Waals surface area contributed by atoms with Crippen molar-refractivity contribution in [3.05, 3.63) is 29.3 Å². The smallest absolute Gasteiger partial charge is 0.201 e. The Morgan fingerprint density at radius 1 is 1.14 bits per heavy atom. The van der Waals surface area contributed by atoms with Gasteiger partial charge >= 0.3 is 0 Å². The highest BCUT2D eigenvalue weighted by Gasteiger charge is 2.19. The third-order valence-electron chi connectivity index (χ3n) is 4.22. The van der Waals surface area contributed by atoms with Crippen LogP contribution in [0.4, 0.5) is 8.78 Å². The third kappa shape index (κ3) is 3.97. The van der Waals surface area contributed by atoms with Gasteiger partial charge in [-0.05, 0) is 43.7 Å². The van der Waals surface area contributed by atoms with E-state index in [1.165, 1.54) is 44.9 Å². The fourth-order valence-corrected chi connectivity index (χ4v) is 2.97. The van der Waals surface area contributed by atoms with Crippen molar-refractivity contribution in [2.75, 3.05) is 7.11 Å². The molecular weight excluding hydrogens is 270 g/mol. The first-order valence-corrected chi connectivity index (χ1v) is 7.69. The van der Waals surface area contributed by atoms with E-state index in [1.54, 1.807) is 0 Å². The van der Waals surface area contributed by atoms with Crippen LogP contribution in [0.1, 0.15) is 51.0 Å². The molecule has 0 amide bonds. The number of ether oxygens (including phenoxy) is 1. The maximum atomic E-state index is 13.8. The SMILES string of the molecule is CCC[C@H]1CC[C@H](C#Cc2ccc(OC)c(F)c2F)CC1. The van der Waals surface area contributed by atoms with E-state index in [2.05, 4.69) is 18.8 Å². The number of methoxy groups -OCH3 is 1. The van der Waals surface area contributed by atoms with Gasteiger partial charge < -0.3 is 4.74 Å². The Hall–Kier alpha value is -1.56. The van der Waals surface area contributed by atoms with Crippen LogP contribution in [0.15, 0.2) is 12.1 Å². The number of halogens is 2. The number of hydrogen-bond acceptors (Lipinski definition) is 1. The lowest BCUT2D eigenvalue weighted by Gasteiger charge is -2.25. The summed E-state index contributed by atoms with van der Waals surface area (Å²) in [5.74, 6) is 5.08. The molecule has 0 bridgehead atoms. The highest BCUT2D eigenvalue weighted by molar-refractivity contribution is 5.41. The van der Waals surface area contributed by atoms with Crippen molar-refractivity contribution in [2.45, 2.75) is 45.4 Å². The summed E-state index contributed by atoms with van der Waals surface area (Å²) in [5, 5.41) is 0. The molecule has 1 fully saturated rings. The van der Waals surface area contributed by atoms with Crippen LogP contribution in [0, 0.1) is 35.3 Å². The zero-order chi connectivity index (χ0) is 15.2. The van der Waals surface area contributed by atoms with Gasteiger partial charge in [-0.3, -0.25) is 0 Å². The molecule has 1 aromatic carbocycles. The molecule has 0 aromatic heterocycles. The molecule has 1 nitrogen and oxygen atoms in total. The Labute approximate surface area is 125 Å². The molecule has 0 unspecified atom stereocenters. The van der Waals surface area contributed by atoms with Gasteiger partial charge in [0.2, 0.25) is 5.82 Å². The van der Waals surface area contributed by atoms with Crippen molar-refractivity contribution in [1.29, 1.82) is 0 Å². The molecule has 0 heterocycles. The summed E-state index contributed by atoms with van der Waals surface area (Å²) in [6.07, 6.45) is 7.06. The molecule has 1 saturated carbocycles. The minimum atomic E-state index is -0.962. The number of benzene rings is 1. The van der Waals surface area contributed by atoms with E-state index >= 15 is 0 Å². The molecule has 1 aliphatic carbocycles. The lowest BCUT2D eigenvalue weighted by atomic mass is 9.80. The van der Waals surface area contributed by atoms with Crippen molar-refractivity contribution in [3.8, 4) is 17.6 Å². The lowest BCUT2D eigenvalue weighted by molar-refractivity contribution is 0.300. The summed E-state index contributed by atoms with van der Waals surface area (Å²) < 4.78 is 32.2. The molecule has 114 valence electrons. The normalized spacial score (nSPS) is 21.5. The van der Waals surface area contributed by atoms with Crippen LogP contribution >= 0.6 is 0 Å². The Bertz CT molecular complexity index is 534. The molecule has 0 spiro atoms. The highest BCUT2D eigenvalue weighted by Crippen LogP contribution is 2.31. The third-order valence-corrected chi connectivity index (χ3v) is 4.22. The van der Waals surface area contributed by atoms with Gasteiger partial charge in [0.1, 0.15) is 0 Å². The second-order valence-electron chi connectivity index (χ2n) is 5.72. The summed E-state index contributed by atoms with van der Waals surface area (Å²) in [6, 6.07) is 2.90. The monoisotopic (exact) mass is 292 g/mol. The Morgan fingerprint density at radius 2 is 1.86 bits per heavy atom. The predicted molar refractivity (Wildman–Crippen MR) is 80.1 cm³/mol. The van der Waals surface area contributed by atoms with E-state index in [4.69, 9.17) is 4.74 Å². The molecule has 0 radical (unpaired) electrons. The summed E-state index contributed by atoms with van der Waals surface area (Å²) >= 11 is 0. The molecule has 0 atom stereocenters. The Morgan fingerprint density at radius 3 is 2.48 bits per heavy atom. The first kappa shape index (κ1) is 15.8. The van der Waals surface area contributed by atoms with Crippen LogP contribution < -0.4 is 4.74 Å². The van der Waals surface area contributed by atoms with Crippen LogP contribution in [0.3, 0.4) is 0 Å². The largest absolute Gasteiger partial charge is 0.494 e. The molecule has 3 heteroatoms. The number of hydrogen-bond donors (Lipinski definition) is 0. The molecule has 1 aromatic rings. The predicted octanol–water partition coefficient (Wildman–Crippen LogP) is 4.93. The lowest BCUT2D eigenvalue weighted by Crippen LogP contribution is -2.13. The van der Waals surface area contributed by atoms with E-state index in [1.807, 2.05) is 0 Å². The van der Waals surface area contributed by atoms with Crippen molar-refractivity contribution >= 4 is 0 Å². The first-order chi connectivity index (χ1) is 10.2. The molecule has 1 aliphatic rings. The van der Waals surface area contributed by atoms with E-state index in [0.29, 0.717) is 5.92 Å². The standard InChI is InChI=1S/C18H22F2O/c1-3-4-13-5-7-14(8-6-13)9-10-15-11-12-16(21-2)18(20)17(15)19/h11-14H,3-8H2,1-2H3/t13-,14-. The van der Waals surface area contributed by atoms with Gasteiger partial charge in [-0.25, -0.2) is 4.39 Å². The summed E-state index contributed by atoms with van der Waals surface area (Å²) in [5.41, 5.74) is 0.115. The topological polar surface area (TPSA) is 9.23 Å². The molecule has 21 heavy (non-hydrogen) atoms. The van der Waals surface area contributed by atoms with Crippen LogP contribution in [-0.2, 0) is 0 Å². The molecule has 2 rings (SSSR count). The average Bonchev–Trinajstić information content (AvgIpc) is 2.50. The zero-order valence-electron chi connectivity index (χ0n) is 12.7. The van der Waals surface area contributed by atoms with Crippen LogP contribution in [0.5, 0.6) is 5.75 Å². The second kappa shape index (κ2) is 7.45. The first-order valence-electron chi connectivity index (χ1n) is 7.69. The maximum absolute atomic E-state index is 13.8. The summed E-state index contributed by atoms with van der Waals surface area (Å²) in [6.45, 7) is 2.22. The van der Waals surface area contributed by atoms with Gasteiger partial charge in [0.05, 0.1) is 12.7 Å². The second-order valence-corrected chi connectivity index (χ2v) is 5.72. The average molecular weight is 292 g/mol. The fraction of sp³-hybridized carbons (Fsp3) is 0.556. The van der Waals surface area contributed by atoms with Gasteiger partial charge in [0, 0.05) is 5.92 Å². The van der Waals surface area contributed by atoms with Gasteiger partial charge in [0.25, 0.3) is 0 Å². The maximum Gasteiger partial charge on any atom is 0.201 e. The minimum absolute atomic E-state index is 0.0851. The van der Waals surface area contributed by atoms with Crippen molar-refractivity contribution in [2.24, 2.45) is 11.8 Å². The summed E-state index contributed by atoms with van der Waals surface area (Å²) in [7, 11) is 1.32. The van der Waals surface area contributed by atoms with Crippen molar-refractivity contribution < 1.29 is 13.5 Å². The molecular formula is C18H22F2O. The van der Waals surface area contributed by atoms with Gasteiger partial charge in [0.15, 0.2) is 11.6 Å². The van der Waals surface area contributed by atoms with Crippen LogP contribution in [0.25, 0.3) is 0 Å². The molecule has 0 N–H and O–H groups in total. The number of rotatable bonds is 3.